The molecule has 2 aromatic carbocycles. The van der Waals surface area contributed by atoms with Gasteiger partial charge in [0.05, 0.1) is 11.5 Å². The summed E-state index contributed by atoms with van der Waals surface area (Å²) in [4.78, 5) is 11.9. The minimum Gasteiger partial charge on any atom is -0.392 e. The lowest BCUT2D eigenvalue weighted by molar-refractivity contribution is 0.102. The molecule has 0 aliphatic rings. The van der Waals surface area contributed by atoms with Crippen LogP contribution in [0.25, 0.3) is 0 Å². The van der Waals surface area contributed by atoms with E-state index in [0.717, 1.165) is 0 Å². The Morgan fingerprint density at radius 3 is 2.38 bits per heavy atom. The van der Waals surface area contributed by atoms with Crippen LogP contribution in [0.4, 0.5) is 5.69 Å². The van der Waals surface area contributed by atoms with Crippen LogP contribution in [0.3, 0.4) is 0 Å². The Bertz CT molecular complexity index is 755. The Morgan fingerprint density at radius 2 is 1.81 bits per heavy atom. The van der Waals surface area contributed by atoms with Crippen molar-refractivity contribution in [3.63, 3.8) is 0 Å². The van der Waals surface area contributed by atoms with E-state index in [1.165, 1.54) is 18.2 Å². The first-order valence-corrected chi connectivity index (χ1v) is 7.59. The van der Waals surface area contributed by atoms with Gasteiger partial charge in [-0.2, -0.15) is 0 Å². The fraction of sp³-hybridized carbons (Fsp3) is 0.0714. The lowest BCUT2D eigenvalue weighted by Gasteiger charge is -2.07. The summed E-state index contributed by atoms with van der Waals surface area (Å²) in [6.45, 7) is -0.0989. The van der Waals surface area contributed by atoms with Crippen LogP contribution in [-0.4, -0.2) is 19.4 Å². The van der Waals surface area contributed by atoms with Gasteiger partial charge >= 0.3 is 0 Å². The second-order valence-corrected chi connectivity index (χ2v) is 5.94. The first-order valence-electron chi connectivity index (χ1n) is 6.04. The van der Waals surface area contributed by atoms with E-state index < -0.39 is 10.0 Å². The molecule has 0 saturated carbocycles. The zero-order chi connectivity index (χ0) is 15.5. The summed E-state index contributed by atoms with van der Waals surface area (Å²) in [5.74, 6) is -0.383. The number of primary sulfonamides is 1. The first kappa shape index (κ1) is 15.2. The standard InChI is InChI=1S/C14H14N2O4S/c15-21(19,20)13-3-1-2-12(8-13)16-14(18)11-6-4-10(9-17)5-7-11/h1-8,17H,9H2,(H,16,18)(H2,15,19,20). The van der Waals surface area contributed by atoms with Crippen LogP contribution >= 0.6 is 0 Å². The number of benzene rings is 2. The van der Waals surface area contributed by atoms with Crippen molar-refractivity contribution in [1.29, 1.82) is 0 Å². The summed E-state index contributed by atoms with van der Waals surface area (Å²) in [6, 6.07) is 12.1. The summed E-state index contributed by atoms with van der Waals surface area (Å²) in [5, 5.41) is 16.6. The zero-order valence-electron chi connectivity index (χ0n) is 11.0. The maximum Gasteiger partial charge on any atom is 0.255 e. The van der Waals surface area contributed by atoms with Crippen LogP contribution in [-0.2, 0) is 16.6 Å². The molecule has 2 aromatic rings. The summed E-state index contributed by atoms with van der Waals surface area (Å²) >= 11 is 0. The predicted molar refractivity (Wildman–Crippen MR) is 78.1 cm³/mol. The highest BCUT2D eigenvalue weighted by molar-refractivity contribution is 7.89. The lowest BCUT2D eigenvalue weighted by atomic mass is 10.1. The molecule has 0 heterocycles. The molecule has 0 saturated heterocycles. The third kappa shape index (κ3) is 3.88. The van der Waals surface area contributed by atoms with Crippen LogP contribution in [0.1, 0.15) is 15.9 Å². The van der Waals surface area contributed by atoms with Crippen LogP contribution in [0, 0.1) is 0 Å². The normalized spacial score (nSPS) is 11.1. The van der Waals surface area contributed by atoms with E-state index in [1.807, 2.05) is 0 Å². The summed E-state index contributed by atoms with van der Waals surface area (Å²) < 4.78 is 22.5. The molecule has 4 N–H and O–H groups in total. The van der Waals surface area contributed by atoms with Gasteiger partial charge in [0.2, 0.25) is 10.0 Å². The van der Waals surface area contributed by atoms with Gasteiger partial charge in [0.25, 0.3) is 5.91 Å². The van der Waals surface area contributed by atoms with Crippen molar-refractivity contribution in [2.24, 2.45) is 5.14 Å². The molecule has 6 nitrogen and oxygen atoms in total. The Labute approximate surface area is 122 Å². The van der Waals surface area contributed by atoms with Crippen LogP contribution < -0.4 is 10.5 Å². The molecule has 0 spiro atoms. The topological polar surface area (TPSA) is 109 Å². The number of aliphatic hydroxyl groups is 1. The zero-order valence-corrected chi connectivity index (χ0v) is 11.8. The Balaban J connectivity index is 2.19. The molecule has 0 atom stereocenters. The smallest absolute Gasteiger partial charge is 0.255 e. The van der Waals surface area contributed by atoms with Gasteiger partial charge < -0.3 is 10.4 Å². The molecule has 0 unspecified atom stereocenters. The van der Waals surface area contributed by atoms with Crippen LogP contribution in [0.2, 0.25) is 0 Å². The Hall–Kier alpha value is -2.22. The van der Waals surface area contributed by atoms with Gasteiger partial charge in [0, 0.05) is 11.3 Å². The highest BCUT2D eigenvalue weighted by Gasteiger charge is 2.10. The number of nitrogens with one attached hydrogen (secondary N) is 1. The number of rotatable bonds is 4. The number of anilines is 1. The van der Waals surface area contributed by atoms with E-state index in [-0.39, 0.29) is 17.4 Å². The van der Waals surface area contributed by atoms with E-state index in [4.69, 9.17) is 10.2 Å². The molecule has 0 aromatic heterocycles. The van der Waals surface area contributed by atoms with Crippen molar-refractivity contribution >= 4 is 21.6 Å². The molecule has 1 amide bonds. The fourth-order valence-corrected chi connectivity index (χ4v) is 2.28. The third-order valence-electron chi connectivity index (χ3n) is 2.82. The van der Waals surface area contributed by atoms with Crippen molar-refractivity contribution < 1.29 is 18.3 Å². The van der Waals surface area contributed by atoms with Crippen LogP contribution in [0.5, 0.6) is 0 Å². The first-order chi connectivity index (χ1) is 9.90. The minimum atomic E-state index is -3.81. The highest BCUT2D eigenvalue weighted by atomic mass is 32.2. The van der Waals surface area contributed by atoms with Crippen molar-refractivity contribution in [3.05, 3.63) is 59.7 Å². The largest absolute Gasteiger partial charge is 0.392 e. The van der Waals surface area contributed by atoms with Crippen molar-refractivity contribution in [1.82, 2.24) is 0 Å². The molecule has 21 heavy (non-hydrogen) atoms. The maximum atomic E-state index is 12.0. The van der Waals surface area contributed by atoms with Gasteiger partial charge in [0.1, 0.15) is 0 Å². The molecular weight excluding hydrogens is 292 g/mol. The monoisotopic (exact) mass is 306 g/mol. The lowest BCUT2D eigenvalue weighted by Crippen LogP contribution is -2.14. The summed E-state index contributed by atoms with van der Waals surface area (Å²) in [5.41, 5.74) is 1.42. The molecule has 0 aliphatic heterocycles. The SMILES string of the molecule is NS(=O)(=O)c1cccc(NC(=O)c2ccc(CO)cc2)c1. The number of hydrogen-bond donors (Lipinski definition) is 3. The average molecular weight is 306 g/mol. The molecule has 110 valence electrons. The number of aliphatic hydroxyl groups excluding tert-OH is 1. The van der Waals surface area contributed by atoms with E-state index in [0.29, 0.717) is 16.8 Å². The number of nitrogens with two attached hydrogens (primary N) is 1. The summed E-state index contributed by atoms with van der Waals surface area (Å²) in [7, 11) is -3.81. The summed E-state index contributed by atoms with van der Waals surface area (Å²) in [6.07, 6.45) is 0. The molecule has 0 radical (unpaired) electrons. The minimum absolute atomic E-state index is 0.0732. The van der Waals surface area contributed by atoms with Gasteiger partial charge in [-0.3, -0.25) is 4.79 Å². The number of amides is 1. The molecule has 2 rings (SSSR count). The van der Waals surface area contributed by atoms with E-state index in [1.54, 1.807) is 30.3 Å². The van der Waals surface area contributed by atoms with Gasteiger partial charge in [-0.25, -0.2) is 13.6 Å². The molecule has 0 bridgehead atoms. The highest BCUT2D eigenvalue weighted by Crippen LogP contribution is 2.15. The van der Waals surface area contributed by atoms with Gasteiger partial charge in [0.15, 0.2) is 0 Å². The number of sulfonamides is 1. The number of hydrogen-bond acceptors (Lipinski definition) is 4. The quantitative estimate of drug-likeness (QED) is 0.785. The molecule has 0 fully saturated rings. The molecular formula is C14H14N2O4S. The fourth-order valence-electron chi connectivity index (χ4n) is 1.72. The predicted octanol–water partition coefficient (Wildman–Crippen LogP) is 1.08. The Kier molecular flexibility index (Phi) is 4.37. The Morgan fingerprint density at radius 1 is 1.14 bits per heavy atom. The molecule has 7 heteroatoms. The number of carbonyl (C=O) groups excluding carboxylic acids is 1. The number of carbonyl (C=O) groups is 1. The van der Waals surface area contributed by atoms with E-state index in [9.17, 15) is 13.2 Å². The van der Waals surface area contributed by atoms with E-state index in [2.05, 4.69) is 5.32 Å². The third-order valence-corrected chi connectivity index (χ3v) is 3.73. The van der Waals surface area contributed by atoms with E-state index >= 15 is 0 Å². The van der Waals surface area contributed by atoms with Gasteiger partial charge in [-0.05, 0) is 35.9 Å². The maximum absolute atomic E-state index is 12.0. The van der Waals surface area contributed by atoms with Crippen molar-refractivity contribution in [2.45, 2.75) is 11.5 Å². The van der Waals surface area contributed by atoms with Crippen molar-refractivity contribution in [2.75, 3.05) is 5.32 Å². The van der Waals surface area contributed by atoms with Gasteiger partial charge in [-0.15, -0.1) is 0 Å². The average Bonchev–Trinajstić information content (AvgIpc) is 2.47. The second-order valence-electron chi connectivity index (χ2n) is 4.38. The second kappa shape index (κ2) is 6.04. The van der Waals surface area contributed by atoms with Gasteiger partial charge in [-0.1, -0.05) is 18.2 Å². The van der Waals surface area contributed by atoms with Crippen molar-refractivity contribution in [3.8, 4) is 0 Å². The van der Waals surface area contributed by atoms with Crippen LogP contribution in [0.15, 0.2) is 53.4 Å². The molecule has 0 aliphatic carbocycles.